The minimum Gasteiger partial charge on any atom is -0.366 e. The zero-order chi connectivity index (χ0) is 16.1. The number of nitrogens with zero attached hydrogens (tertiary/aromatic N) is 3. The van der Waals surface area contributed by atoms with E-state index >= 15 is 0 Å². The number of hydrogen-bond acceptors (Lipinski definition) is 4. The Morgan fingerprint density at radius 2 is 1.78 bits per heavy atom. The van der Waals surface area contributed by atoms with Gasteiger partial charge in [0.15, 0.2) is 0 Å². The van der Waals surface area contributed by atoms with Crippen LogP contribution in [0.3, 0.4) is 0 Å². The van der Waals surface area contributed by atoms with E-state index in [0.717, 1.165) is 77.4 Å². The van der Waals surface area contributed by atoms with Crippen molar-refractivity contribution in [3.8, 4) is 0 Å². The first-order valence-electron chi connectivity index (χ1n) is 8.88. The van der Waals surface area contributed by atoms with Crippen molar-refractivity contribution >= 4 is 5.69 Å². The van der Waals surface area contributed by atoms with Gasteiger partial charge >= 0.3 is 0 Å². The second kappa shape index (κ2) is 8.08. The summed E-state index contributed by atoms with van der Waals surface area (Å²) < 4.78 is 14.4. The van der Waals surface area contributed by atoms with Crippen LogP contribution in [0.4, 0.5) is 10.1 Å². The Balaban J connectivity index is 1.58. The summed E-state index contributed by atoms with van der Waals surface area (Å²) in [6, 6.07) is 5.55. The molecule has 2 saturated heterocycles. The molecule has 23 heavy (non-hydrogen) atoms. The molecule has 0 spiro atoms. The highest BCUT2D eigenvalue weighted by Gasteiger charge is 2.18. The SMILES string of the molecule is CN1CCN(CCCc2cccc(F)c2N2CCNCC2)CC1. The molecule has 0 amide bonds. The molecule has 5 heteroatoms. The van der Waals surface area contributed by atoms with Gasteiger partial charge in [0.1, 0.15) is 5.82 Å². The maximum atomic E-state index is 14.4. The van der Waals surface area contributed by atoms with Gasteiger partial charge in [-0.3, -0.25) is 0 Å². The van der Waals surface area contributed by atoms with Gasteiger partial charge in [0.25, 0.3) is 0 Å². The normalized spacial score (nSPS) is 20.9. The molecule has 2 heterocycles. The van der Waals surface area contributed by atoms with E-state index in [0.29, 0.717) is 0 Å². The van der Waals surface area contributed by atoms with E-state index in [1.807, 2.05) is 6.07 Å². The number of aryl methyl sites for hydroxylation is 1. The molecule has 2 aliphatic rings. The molecule has 0 unspecified atom stereocenters. The number of hydrogen-bond donors (Lipinski definition) is 1. The van der Waals surface area contributed by atoms with Gasteiger partial charge in [-0.05, 0) is 38.1 Å². The maximum Gasteiger partial charge on any atom is 0.146 e. The average Bonchev–Trinajstić information content (AvgIpc) is 2.58. The topological polar surface area (TPSA) is 21.8 Å². The molecule has 2 fully saturated rings. The van der Waals surface area contributed by atoms with Gasteiger partial charge in [-0.15, -0.1) is 0 Å². The molecule has 1 aromatic rings. The van der Waals surface area contributed by atoms with Crippen molar-refractivity contribution in [2.75, 3.05) is 70.9 Å². The van der Waals surface area contributed by atoms with Crippen molar-refractivity contribution in [3.05, 3.63) is 29.6 Å². The monoisotopic (exact) mass is 320 g/mol. The van der Waals surface area contributed by atoms with Gasteiger partial charge in [-0.25, -0.2) is 4.39 Å². The van der Waals surface area contributed by atoms with Gasteiger partial charge in [-0.1, -0.05) is 12.1 Å². The number of para-hydroxylation sites is 1. The van der Waals surface area contributed by atoms with E-state index in [1.165, 1.54) is 5.56 Å². The predicted molar refractivity (Wildman–Crippen MR) is 93.7 cm³/mol. The van der Waals surface area contributed by atoms with Gasteiger partial charge in [0, 0.05) is 52.4 Å². The molecule has 2 aliphatic heterocycles. The van der Waals surface area contributed by atoms with Crippen LogP contribution in [0.5, 0.6) is 0 Å². The summed E-state index contributed by atoms with van der Waals surface area (Å²) >= 11 is 0. The smallest absolute Gasteiger partial charge is 0.146 e. The van der Waals surface area contributed by atoms with Crippen molar-refractivity contribution < 1.29 is 4.39 Å². The first kappa shape index (κ1) is 16.7. The van der Waals surface area contributed by atoms with Crippen LogP contribution in [0.1, 0.15) is 12.0 Å². The van der Waals surface area contributed by atoms with Crippen LogP contribution in [-0.2, 0) is 6.42 Å². The highest BCUT2D eigenvalue weighted by molar-refractivity contribution is 5.55. The minimum atomic E-state index is -0.0657. The Morgan fingerprint density at radius 1 is 1.04 bits per heavy atom. The van der Waals surface area contributed by atoms with E-state index in [2.05, 4.69) is 33.1 Å². The van der Waals surface area contributed by atoms with E-state index in [1.54, 1.807) is 6.07 Å². The highest BCUT2D eigenvalue weighted by atomic mass is 19.1. The molecule has 0 aliphatic carbocycles. The van der Waals surface area contributed by atoms with Gasteiger partial charge in [0.2, 0.25) is 0 Å². The maximum absolute atomic E-state index is 14.4. The van der Waals surface area contributed by atoms with Crippen LogP contribution < -0.4 is 10.2 Å². The van der Waals surface area contributed by atoms with E-state index in [9.17, 15) is 4.39 Å². The lowest BCUT2D eigenvalue weighted by molar-refractivity contribution is 0.153. The summed E-state index contributed by atoms with van der Waals surface area (Å²) in [4.78, 5) is 7.12. The van der Waals surface area contributed by atoms with Gasteiger partial charge in [-0.2, -0.15) is 0 Å². The molecular weight excluding hydrogens is 291 g/mol. The predicted octanol–water partition coefficient (Wildman–Crippen LogP) is 1.42. The zero-order valence-corrected chi connectivity index (χ0v) is 14.2. The Bertz CT molecular complexity index is 494. The van der Waals surface area contributed by atoms with Crippen LogP contribution in [0, 0.1) is 5.82 Å². The molecule has 1 N–H and O–H groups in total. The Kier molecular flexibility index (Phi) is 5.86. The average molecular weight is 320 g/mol. The van der Waals surface area contributed by atoms with Gasteiger partial charge < -0.3 is 20.0 Å². The van der Waals surface area contributed by atoms with E-state index in [4.69, 9.17) is 0 Å². The first-order valence-corrected chi connectivity index (χ1v) is 8.88. The number of anilines is 1. The number of nitrogens with one attached hydrogen (secondary N) is 1. The summed E-state index contributed by atoms with van der Waals surface area (Å²) in [5.74, 6) is -0.0657. The van der Waals surface area contributed by atoms with Crippen LogP contribution in [0.25, 0.3) is 0 Å². The standard InChI is InChI=1S/C18H29FN4/c1-21-12-14-22(15-13-21)9-3-5-16-4-2-6-17(19)18(16)23-10-7-20-8-11-23/h2,4,6,20H,3,5,7-15H2,1H3. The van der Waals surface area contributed by atoms with E-state index in [-0.39, 0.29) is 5.82 Å². The summed E-state index contributed by atoms with van der Waals surface area (Å²) in [7, 11) is 2.18. The van der Waals surface area contributed by atoms with Crippen LogP contribution in [0.15, 0.2) is 18.2 Å². The van der Waals surface area contributed by atoms with E-state index < -0.39 is 0 Å². The second-order valence-electron chi connectivity index (χ2n) is 6.73. The molecule has 0 saturated carbocycles. The molecule has 0 aromatic heterocycles. The number of benzene rings is 1. The quantitative estimate of drug-likeness (QED) is 0.886. The minimum absolute atomic E-state index is 0.0657. The fourth-order valence-electron chi connectivity index (χ4n) is 3.57. The molecule has 0 bridgehead atoms. The Labute approximate surface area is 139 Å². The number of likely N-dealkylation sites (N-methyl/N-ethyl adjacent to an activating group) is 1. The number of piperazine rings is 2. The van der Waals surface area contributed by atoms with Crippen LogP contribution >= 0.6 is 0 Å². The Morgan fingerprint density at radius 3 is 2.52 bits per heavy atom. The van der Waals surface area contributed by atoms with Crippen LogP contribution in [-0.4, -0.2) is 75.8 Å². The molecule has 3 rings (SSSR count). The second-order valence-corrected chi connectivity index (χ2v) is 6.73. The molecular formula is C18H29FN4. The lowest BCUT2D eigenvalue weighted by Gasteiger charge is -2.33. The molecule has 0 radical (unpaired) electrons. The Hall–Kier alpha value is -1.17. The fraction of sp³-hybridized carbons (Fsp3) is 0.667. The first-order chi connectivity index (χ1) is 11.2. The largest absolute Gasteiger partial charge is 0.366 e. The van der Waals surface area contributed by atoms with Crippen molar-refractivity contribution in [2.45, 2.75) is 12.8 Å². The molecule has 128 valence electrons. The van der Waals surface area contributed by atoms with Crippen molar-refractivity contribution in [1.29, 1.82) is 0 Å². The summed E-state index contributed by atoms with van der Waals surface area (Å²) in [6.45, 7) is 9.42. The van der Waals surface area contributed by atoms with Crippen molar-refractivity contribution in [1.82, 2.24) is 15.1 Å². The van der Waals surface area contributed by atoms with Crippen molar-refractivity contribution in [3.63, 3.8) is 0 Å². The third-order valence-electron chi connectivity index (χ3n) is 5.02. The third kappa shape index (κ3) is 4.43. The lowest BCUT2D eigenvalue weighted by atomic mass is 10.0. The van der Waals surface area contributed by atoms with Gasteiger partial charge in [0.05, 0.1) is 5.69 Å². The summed E-state index contributed by atoms with van der Waals surface area (Å²) in [6.07, 6.45) is 2.07. The number of rotatable bonds is 5. The van der Waals surface area contributed by atoms with Crippen molar-refractivity contribution in [2.24, 2.45) is 0 Å². The molecule has 4 nitrogen and oxygen atoms in total. The summed E-state index contributed by atoms with van der Waals surface area (Å²) in [5.41, 5.74) is 2.01. The molecule has 1 aromatic carbocycles. The lowest BCUT2D eigenvalue weighted by Crippen LogP contribution is -2.45. The van der Waals surface area contributed by atoms with Crippen LogP contribution in [0.2, 0.25) is 0 Å². The highest BCUT2D eigenvalue weighted by Crippen LogP contribution is 2.26. The fourth-order valence-corrected chi connectivity index (χ4v) is 3.57. The zero-order valence-electron chi connectivity index (χ0n) is 14.2. The number of halogens is 1. The summed E-state index contributed by atoms with van der Waals surface area (Å²) in [5, 5.41) is 3.34. The molecule has 0 atom stereocenters. The third-order valence-corrected chi connectivity index (χ3v) is 5.02.